The van der Waals surface area contributed by atoms with Crippen molar-refractivity contribution in [1.29, 1.82) is 0 Å². The average molecular weight is 280 g/mol. The van der Waals surface area contributed by atoms with E-state index in [1.165, 1.54) is 18.2 Å². The molecule has 2 aromatic carbocycles. The van der Waals surface area contributed by atoms with Crippen molar-refractivity contribution in [1.82, 2.24) is 0 Å². The normalized spacial score (nSPS) is 13.3. The van der Waals surface area contributed by atoms with E-state index in [1.54, 1.807) is 26.0 Å². The molecule has 0 radical (unpaired) electrons. The summed E-state index contributed by atoms with van der Waals surface area (Å²) < 4.78 is 39.6. The molecule has 2 aromatic rings. The number of rotatable bonds is 3. The van der Waals surface area contributed by atoms with Crippen molar-refractivity contribution >= 4 is 0 Å². The number of aliphatic hydroxyl groups excluding tert-OH is 1. The Morgan fingerprint density at radius 2 is 1.45 bits per heavy atom. The first-order chi connectivity index (χ1) is 9.32. The predicted molar refractivity (Wildman–Crippen MR) is 70.7 cm³/mol. The van der Waals surface area contributed by atoms with E-state index >= 15 is 0 Å². The molecule has 0 spiro atoms. The van der Waals surface area contributed by atoms with Crippen LogP contribution in [0.4, 0.5) is 13.2 Å². The number of halogens is 3. The summed E-state index contributed by atoms with van der Waals surface area (Å²) in [6.07, 6.45) is -1.17. The molecule has 0 amide bonds. The molecule has 0 saturated carbocycles. The fourth-order valence-electron chi connectivity index (χ4n) is 2.15. The van der Waals surface area contributed by atoms with Gasteiger partial charge in [-0.25, -0.2) is 13.2 Å². The molecular formula is C16H15F3O. The summed E-state index contributed by atoms with van der Waals surface area (Å²) in [7, 11) is 0. The Balaban J connectivity index is 2.39. The third-order valence-electron chi connectivity index (χ3n) is 3.53. The maximum atomic E-state index is 13.8. The summed E-state index contributed by atoms with van der Waals surface area (Å²) in [4.78, 5) is 0. The lowest BCUT2D eigenvalue weighted by atomic mass is 9.76. The van der Waals surface area contributed by atoms with E-state index in [0.717, 1.165) is 12.1 Å². The molecule has 0 aliphatic heterocycles. The Bertz CT molecular complexity index is 606. The maximum absolute atomic E-state index is 13.8. The van der Waals surface area contributed by atoms with E-state index < -0.39 is 23.2 Å². The lowest BCUT2D eigenvalue weighted by Crippen LogP contribution is -2.27. The highest BCUT2D eigenvalue weighted by Gasteiger charge is 2.32. The lowest BCUT2D eigenvalue weighted by Gasteiger charge is -2.31. The zero-order valence-corrected chi connectivity index (χ0v) is 11.2. The monoisotopic (exact) mass is 280 g/mol. The zero-order chi connectivity index (χ0) is 14.9. The summed E-state index contributed by atoms with van der Waals surface area (Å²) >= 11 is 0. The molecule has 20 heavy (non-hydrogen) atoms. The lowest BCUT2D eigenvalue weighted by molar-refractivity contribution is 0.0964. The third kappa shape index (κ3) is 2.70. The first-order valence-electron chi connectivity index (χ1n) is 6.21. The van der Waals surface area contributed by atoms with E-state index in [4.69, 9.17) is 0 Å². The summed E-state index contributed by atoms with van der Waals surface area (Å²) in [6, 6.07) is 8.71. The van der Waals surface area contributed by atoms with Crippen molar-refractivity contribution < 1.29 is 18.3 Å². The molecule has 1 unspecified atom stereocenters. The molecule has 106 valence electrons. The van der Waals surface area contributed by atoms with Crippen LogP contribution in [-0.4, -0.2) is 5.11 Å². The largest absolute Gasteiger partial charge is 0.387 e. The van der Waals surface area contributed by atoms with Gasteiger partial charge in [-0.05, 0) is 23.8 Å². The van der Waals surface area contributed by atoms with Crippen LogP contribution in [0.3, 0.4) is 0 Å². The predicted octanol–water partition coefficient (Wildman–Crippen LogP) is 4.12. The fraction of sp³-hybridized carbons (Fsp3) is 0.250. The van der Waals surface area contributed by atoms with E-state index in [0.29, 0.717) is 5.56 Å². The van der Waals surface area contributed by atoms with Gasteiger partial charge in [-0.2, -0.15) is 0 Å². The molecule has 4 heteroatoms. The van der Waals surface area contributed by atoms with Gasteiger partial charge in [0.2, 0.25) is 0 Å². The Morgan fingerprint density at radius 3 is 2.00 bits per heavy atom. The van der Waals surface area contributed by atoms with Crippen molar-refractivity contribution in [3.63, 3.8) is 0 Å². The van der Waals surface area contributed by atoms with E-state index in [9.17, 15) is 18.3 Å². The molecule has 0 heterocycles. The van der Waals surface area contributed by atoms with Crippen molar-refractivity contribution in [2.24, 2.45) is 0 Å². The van der Waals surface area contributed by atoms with Crippen LogP contribution >= 0.6 is 0 Å². The van der Waals surface area contributed by atoms with Crippen LogP contribution < -0.4 is 0 Å². The minimum atomic E-state index is -1.17. The molecule has 0 aromatic heterocycles. The molecule has 0 fully saturated rings. The fourth-order valence-corrected chi connectivity index (χ4v) is 2.15. The molecule has 0 saturated heterocycles. The van der Waals surface area contributed by atoms with Gasteiger partial charge in [0.15, 0.2) is 0 Å². The Hall–Kier alpha value is -1.81. The molecule has 0 bridgehead atoms. The van der Waals surface area contributed by atoms with Crippen molar-refractivity contribution in [3.05, 3.63) is 71.0 Å². The van der Waals surface area contributed by atoms with Gasteiger partial charge in [0.1, 0.15) is 17.5 Å². The number of benzene rings is 2. The minimum Gasteiger partial charge on any atom is -0.387 e. The molecular weight excluding hydrogens is 265 g/mol. The van der Waals surface area contributed by atoms with Crippen LogP contribution in [0, 0.1) is 17.5 Å². The van der Waals surface area contributed by atoms with E-state index in [-0.39, 0.29) is 11.4 Å². The SMILES string of the molecule is CC(C)(c1ccc(F)cc1)C(O)c1ccc(F)cc1F. The first-order valence-corrected chi connectivity index (χ1v) is 6.21. The topological polar surface area (TPSA) is 20.2 Å². The quantitative estimate of drug-likeness (QED) is 0.897. The number of hydrogen-bond donors (Lipinski definition) is 1. The average Bonchev–Trinajstić information content (AvgIpc) is 2.38. The van der Waals surface area contributed by atoms with Crippen molar-refractivity contribution in [2.75, 3.05) is 0 Å². The van der Waals surface area contributed by atoms with Gasteiger partial charge in [-0.1, -0.05) is 32.0 Å². The van der Waals surface area contributed by atoms with Gasteiger partial charge in [-0.3, -0.25) is 0 Å². The summed E-state index contributed by atoms with van der Waals surface area (Å²) in [5.74, 6) is -1.88. The highest BCUT2D eigenvalue weighted by Crippen LogP contribution is 2.37. The van der Waals surface area contributed by atoms with Crippen molar-refractivity contribution in [2.45, 2.75) is 25.4 Å². The van der Waals surface area contributed by atoms with Crippen LogP contribution in [0.25, 0.3) is 0 Å². The van der Waals surface area contributed by atoms with E-state index in [2.05, 4.69) is 0 Å². The van der Waals surface area contributed by atoms with Gasteiger partial charge in [0, 0.05) is 17.0 Å². The second-order valence-electron chi connectivity index (χ2n) is 5.30. The Labute approximate surface area is 115 Å². The van der Waals surface area contributed by atoms with Gasteiger partial charge in [-0.15, -0.1) is 0 Å². The molecule has 2 rings (SSSR count). The Kier molecular flexibility index (Phi) is 3.86. The van der Waals surface area contributed by atoms with Crippen LogP contribution in [0.2, 0.25) is 0 Å². The van der Waals surface area contributed by atoms with Crippen LogP contribution in [0.5, 0.6) is 0 Å². The smallest absolute Gasteiger partial charge is 0.131 e. The van der Waals surface area contributed by atoms with Gasteiger partial charge < -0.3 is 5.11 Å². The minimum absolute atomic E-state index is 0.0146. The van der Waals surface area contributed by atoms with Crippen LogP contribution in [-0.2, 0) is 5.41 Å². The molecule has 0 aliphatic rings. The van der Waals surface area contributed by atoms with Crippen LogP contribution in [0.15, 0.2) is 42.5 Å². The Morgan fingerprint density at radius 1 is 0.900 bits per heavy atom. The molecule has 1 atom stereocenters. The van der Waals surface area contributed by atoms with Gasteiger partial charge in [0.25, 0.3) is 0 Å². The second kappa shape index (κ2) is 5.29. The third-order valence-corrected chi connectivity index (χ3v) is 3.53. The van der Waals surface area contributed by atoms with Crippen molar-refractivity contribution in [3.8, 4) is 0 Å². The van der Waals surface area contributed by atoms with Gasteiger partial charge >= 0.3 is 0 Å². The molecule has 0 aliphatic carbocycles. The first kappa shape index (κ1) is 14.6. The summed E-state index contributed by atoms with van der Waals surface area (Å²) in [5.41, 5.74) is -0.164. The molecule has 1 nitrogen and oxygen atoms in total. The summed E-state index contributed by atoms with van der Waals surface area (Å²) in [6.45, 7) is 3.43. The van der Waals surface area contributed by atoms with Gasteiger partial charge in [0.05, 0.1) is 6.10 Å². The van der Waals surface area contributed by atoms with E-state index in [1.807, 2.05) is 0 Å². The molecule has 1 N–H and O–H groups in total. The summed E-state index contributed by atoms with van der Waals surface area (Å²) in [5, 5.41) is 10.4. The highest BCUT2D eigenvalue weighted by molar-refractivity contribution is 5.31. The maximum Gasteiger partial charge on any atom is 0.131 e. The van der Waals surface area contributed by atoms with Crippen LogP contribution in [0.1, 0.15) is 31.1 Å². The number of aliphatic hydroxyl groups is 1. The standard InChI is InChI=1S/C16H15F3O/c1-16(2,10-3-5-11(17)6-4-10)15(20)13-8-7-12(18)9-14(13)19/h3-9,15,20H,1-2H3. The zero-order valence-electron chi connectivity index (χ0n) is 11.2. The number of hydrogen-bond acceptors (Lipinski definition) is 1. The highest BCUT2D eigenvalue weighted by atomic mass is 19.1. The second-order valence-corrected chi connectivity index (χ2v) is 5.30.